The molecule has 1 aliphatic rings. The smallest absolute Gasteiger partial charge is 0.407 e. The Morgan fingerprint density at radius 3 is 2.77 bits per heavy atom. The van der Waals surface area contributed by atoms with Gasteiger partial charge in [-0.05, 0) is 26.7 Å². The van der Waals surface area contributed by atoms with E-state index < -0.39 is 12.1 Å². The number of ether oxygens (including phenoxy) is 1. The van der Waals surface area contributed by atoms with E-state index in [4.69, 9.17) is 4.98 Å². The van der Waals surface area contributed by atoms with Crippen LogP contribution in [-0.4, -0.2) is 46.6 Å². The van der Waals surface area contributed by atoms with Crippen molar-refractivity contribution in [3.8, 4) is 11.3 Å². The van der Waals surface area contributed by atoms with Crippen molar-refractivity contribution < 1.29 is 14.3 Å². The maximum atomic E-state index is 12.7. The van der Waals surface area contributed by atoms with Crippen LogP contribution >= 0.6 is 0 Å². The van der Waals surface area contributed by atoms with Crippen LogP contribution in [0.1, 0.15) is 37.2 Å². The number of amides is 2. The summed E-state index contributed by atoms with van der Waals surface area (Å²) in [6.45, 7) is 4.36. The predicted molar refractivity (Wildman–Crippen MR) is 97.5 cm³/mol. The Bertz CT molecular complexity index is 784. The van der Waals surface area contributed by atoms with E-state index in [1.165, 1.54) is 12.7 Å². The first-order valence-electron chi connectivity index (χ1n) is 8.77. The molecule has 0 bridgehead atoms. The summed E-state index contributed by atoms with van der Waals surface area (Å²) in [5, 5.41) is 2.53. The first-order chi connectivity index (χ1) is 12.5. The molecule has 26 heavy (non-hydrogen) atoms. The summed E-state index contributed by atoms with van der Waals surface area (Å²) in [5.41, 5.74) is 3.10. The van der Waals surface area contributed by atoms with E-state index in [0.717, 1.165) is 29.9 Å². The fourth-order valence-corrected chi connectivity index (χ4v) is 3.24. The molecule has 2 atom stereocenters. The number of likely N-dealkylation sites (tertiary alicyclic amines) is 1. The lowest BCUT2D eigenvalue weighted by molar-refractivity contribution is -0.134. The molecule has 0 saturated carbocycles. The molecule has 138 valence electrons. The van der Waals surface area contributed by atoms with E-state index in [1.54, 1.807) is 11.8 Å². The molecule has 1 saturated heterocycles. The number of rotatable bonds is 4. The van der Waals surface area contributed by atoms with Gasteiger partial charge in [0.05, 0.1) is 18.8 Å². The van der Waals surface area contributed by atoms with E-state index in [9.17, 15) is 9.59 Å². The number of carbonyl (C=O) groups is 2. The summed E-state index contributed by atoms with van der Waals surface area (Å²) in [5.74, 6) is 0.642. The Morgan fingerprint density at radius 1 is 1.35 bits per heavy atom. The van der Waals surface area contributed by atoms with E-state index in [0.29, 0.717) is 6.54 Å². The van der Waals surface area contributed by atoms with Crippen molar-refractivity contribution in [3.63, 3.8) is 0 Å². The highest BCUT2D eigenvalue weighted by atomic mass is 16.5. The van der Waals surface area contributed by atoms with Crippen LogP contribution in [0.3, 0.4) is 0 Å². The van der Waals surface area contributed by atoms with Crippen LogP contribution in [0.25, 0.3) is 11.3 Å². The molecular formula is C19H24N4O3. The lowest BCUT2D eigenvalue weighted by atomic mass is 10.1. The largest absolute Gasteiger partial charge is 0.453 e. The normalized spacial score (nSPS) is 17.8. The van der Waals surface area contributed by atoms with Gasteiger partial charge in [-0.25, -0.2) is 9.78 Å². The topological polar surface area (TPSA) is 87.3 Å². The van der Waals surface area contributed by atoms with Crippen LogP contribution in [0.5, 0.6) is 0 Å². The molecule has 7 nitrogen and oxygen atoms in total. The quantitative estimate of drug-likeness (QED) is 0.882. The minimum absolute atomic E-state index is 0.108. The van der Waals surface area contributed by atoms with Gasteiger partial charge in [0.2, 0.25) is 5.91 Å². The third-order valence-electron chi connectivity index (χ3n) is 4.69. The van der Waals surface area contributed by atoms with Crippen molar-refractivity contribution in [3.05, 3.63) is 41.9 Å². The maximum absolute atomic E-state index is 12.7. The molecule has 2 N–H and O–H groups in total. The molecule has 1 aromatic carbocycles. The van der Waals surface area contributed by atoms with Crippen molar-refractivity contribution in [1.82, 2.24) is 20.2 Å². The van der Waals surface area contributed by atoms with Gasteiger partial charge in [0, 0.05) is 18.3 Å². The van der Waals surface area contributed by atoms with E-state index in [1.807, 2.05) is 25.3 Å². The average Bonchev–Trinajstić information content (AvgIpc) is 3.30. The predicted octanol–water partition coefficient (Wildman–Crippen LogP) is 2.79. The molecule has 2 heterocycles. The molecule has 1 aromatic heterocycles. The van der Waals surface area contributed by atoms with Crippen LogP contribution < -0.4 is 5.32 Å². The lowest BCUT2D eigenvalue weighted by Gasteiger charge is -2.26. The lowest BCUT2D eigenvalue weighted by Crippen LogP contribution is -2.46. The van der Waals surface area contributed by atoms with Crippen molar-refractivity contribution in [2.75, 3.05) is 13.7 Å². The summed E-state index contributed by atoms with van der Waals surface area (Å²) in [4.78, 5) is 33.8. The van der Waals surface area contributed by atoms with Crippen molar-refractivity contribution >= 4 is 12.0 Å². The van der Waals surface area contributed by atoms with Gasteiger partial charge in [-0.3, -0.25) is 4.79 Å². The third-order valence-corrected chi connectivity index (χ3v) is 4.69. The molecule has 0 radical (unpaired) electrons. The number of methoxy groups -OCH3 is 1. The number of imidazole rings is 1. The second-order valence-corrected chi connectivity index (χ2v) is 6.58. The number of aryl methyl sites for hydroxylation is 1. The molecule has 1 aliphatic heterocycles. The number of carbonyl (C=O) groups excluding carboxylic acids is 2. The average molecular weight is 356 g/mol. The maximum Gasteiger partial charge on any atom is 0.407 e. The zero-order valence-electron chi connectivity index (χ0n) is 15.3. The number of hydrogen-bond acceptors (Lipinski definition) is 4. The van der Waals surface area contributed by atoms with Gasteiger partial charge < -0.3 is 19.9 Å². The van der Waals surface area contributed by atoms with Gasteiger partial charge in [-0.2, -0.15) is 0 Å². The number of H-pyrrole nitrogens is 1. The number of hydrogen-bond donors (Lipinski definition) is 2. The van der Waals surface area contributed by atoms with Gasteiger partial charge in [0.15, 0.2) is 0 Å². The highest BCUT2D eigenvalue weighted by molar-refractivity contribution is 5.85. The minimum Gasteiger partial charge on any atom is -0.453 e. The Labute approximate surface area is 152 Å². The Hall–Kier alpha value is -2.83. The number of alkyl carbamates (subject to hydrolysis) is 1. The van der Waals surface area contributed by atoms with Crippen LogP contribution in [0.15, 0.2) is 30.5 Å². The van der Waals surface area contributed by atoms with Gasteiger partial charge >= 0.3 is 6.09 Å². The van der Waals surface area contributed by atoms with Crippen LogP contribution in [0.4, 0.5) is 4.79 Å². The fraction of sp³-hybridized carbons (Fsp3) is 0.421. The highest BCUT2D eigenvalue weighted by Crippen LogP contribution is 2.32. The summed E-state index contributed by atoms with van der Waals surface area (Å²) in [6.07, 6.45) is 3.01. The van der Waals surface area contributed by atoms with Gasteiger partial charge in [-0.15, -0.1) is 0 Å². The summed E-state index contributed by atoms with van der Waals surface area (Å²) >= 11 is 0. The third kappa shape index (κ3) is 3.71. The zero-order valence-corrected chi connectivity index (χ0v) is 15.3. The number of aromatic nitrogens is 2. The Kier molecular flexibility index (Phi) is 5.25. The molecule has 2 amide bonds. The number of aromatic amines is 1. The van der Waals surface area contributed by atoms with E-state index in [2.05, 4.69) is 27.2 Å². The molecule has 7 heteroatoms. The van der Waals surface area contributed by atoms with Crippen LogP contribution in [-0.2, 0) is 9.53 Å². The van der Waals surface area contributed by atoms with Crippen LogP contribution in [0, 0.1) is 6.92 Å². The zero-order chi connectivity index (χ0) is 18.7. The monoisotopic (exact) mass is 356 g/mol. The fourth-order valence-electron chi connectivity index (χ4n) is 3.24. The highest BCUT2D eigenvalue weighted by Gasteiger charge is 2.34. The van der Waals surface area contributed by atoms with Gasteiger partial charge in [0.1, 0.15) is 11.9 Å². The second kappa shape index (κ2) is 7.59. The van der Waals surface area contributed by atoms with Crippen molar-refractivity contribution in [2.24, 2.45) is 0 Å². The summed E-state index contributed by atoms with van der Waals surface area (Å²) in [6, 6.07) is 7.42. The number of nitrogens with one attached hydrogen (secondary N) is 2. The molecule has 0 unspecified atom stereocenters. The van der Waals surface area contributed by atoms with Crippen molar-refractivity contribution in [2.45, 2.75) is 38.8 Å². The minimum atomic E-state index is -0.644. The molecule has 3 rings (SSSR count). The summed E-state index contributed by atoms with van der Waals surface area (Å²) < 4.78 is 4.57. The molecule has 0 aliphatic carbocycles. The second-order valence-electron chi connectivity index (χ2n) is 6.58. The van der Waals surface area contributed by atoms with Gasteiger partial charge in [-0.1, -0.05) is 29.8 Å². The molecular weight excluding hydrogens is 332 g/mol. The standard InChI is InChI=1S/C19H24N4O3/c1-12-6-8-14(9-7-12)15-11-20-17(22-15)16-5-4-10-23(16)18(24)13(2)21-19(25)26-3/h6-9,11,13,16H,4-5,10H2,1-3H3,(H,20,22)(H,21,25)/t13-,16+/m1/s1. The molecule has 0 spiro atoms. The number of nitrogens with zero attached hydrogens (tertiary/aromatic N) is 2. The number of benzene rings is 1. The van der Waals surface area contributed by atoms with E-state index >= 15 is 0 Å². The summed E-state index contributed by atoms with van der Waals surface area (Å²) in [7, 11) is 1.28. The first kappa shape index (κ1) is 18.0. The first-order valence-corrected chi connectivity index (χ1v) is 8.77. The van der Waals surface area contributed by atoms with Crippen LogP contribution in [0.2, 0.25) is 0 Å². The van der Waals surface area contributed by atoms with Crippen molar-refractivity contribution in [1.29, 1.82) is 0 Å². The molecule has 1 fully saturated rings. The van der Waals surface area contributed by atoms with E-state index in [-0.39, 0.29) is 11.9 Å². The van der Waals surface area contributed by atoms with Gasteiger partial charge in [0.25, 0.3) is 0 Å². The SMILES string of the molecule is COC(=O)N[C@H](C)C(=O)N1CCC[C@H]1c1nc(-c2ccc(C)cc2)c[nH]1. The molecule has 2 aromatic rings. The Balaban J connectivity index is 1.75. The Morgan fingerprint density at radius 2 is 2.08 bits per heavy atom.